The van der Waals surface area contributed by atoms with Crippen LogP contribution in [-0.4, -0.2) is 93.9 Å². The lowest BCUT2D eigenvalue weighted by Crippen LogP contribution is -2.53. The van der Waals surface area contributed by atoms with Gasteiger partial charge < -0.3 is 45.6 Å². The van der Waals surface area contributed by atoms with Crippen molar-refractivity contribution < 1.29 is 49.4 Å². The lowest BCUT2D eigenvalue weighted by molar-refractivity contribution is -0.247. The number of aliphatic hydroxyl groups excluding tert-OH is 2. The van der Waals surface area contributed by atoms with E-state index in [4.69, 9.17) is 15.2 Å². The van der Waals surface area contributed by atoms with Crippen molar-refractivity contribution in [2.24, 2.45) is 5.73 Å². The smallest absolute Gasteiger partial charge is 0.257 e. The number of phenols is 2. The number of nitrogens with two attached hydrogens (primary N) is 1. The van der Waals surface area contributed by atoms with Crippen molar-refractivity contribution >= 4 is 41.0 Å². The number of fused-ring (bicyclic) bond motifs is 4. The molecule has 2 aromatic carbocycles. The second-order valence-electron chi connectivity index (χ2n) is 11.6. The molecule has 43 heavy (non-hydrogen) atoms. The molecule has 2 aromatic rings. The van der Waals surface area contributed by atoms with E-state index in [-0.39, 0.29) is 51.4 Å². The molecule has 7 rings (SSSR count). The molecule has 8 atom stereocenters. The molecule has 12 nitrogen and oxygen atoms in total. The minimum Gasteiger partial charge on any atom is -0.507 e. The van der Waals surface area contributed by atoms with E-state index in [2.05, 4.69) is 0 Å². The van der Waals surface area contributed by atoms with Crippen molar-refractivity contribution in [1.29, 1.82) is 0 Å². The fourth-order valence-corrected chi connectivity index (χ4v) is 9.99. The molecular weight excluding hydrogens is 600 g/mol. The van der Waals surface area contributed by atoms with Crippen LogP contribution < -0.4 is 5.73 Å². The summed E-state index contributed by atoms with van der Waals surface area (Å²) in [6.07, 6.45) is -4.69. The maximum atomic E-state index is 13.8. The molecular formula is C29H30N2O10S2. The Hall–Kier alpha value is -2.69. The average Bonchev–Trinajstić information content (AvgIpc) is 3.44. The number of rotatable bonds is 4. The largest absolute Gasteiger partial charge is 0.507 e. The molecule has 0 radical (unpaired) electrons. The third kappa shape index (κ3) is 4.26. The number of carbonyl (C=O) groups is 3. The monoisotopic (exact) mass is 630 g/mol. The van der Waals surface area contributed by atoms with Gasteiger partial charge in [0.2, 0.25) is 0 Å². The Morgan fingerprint density at radius 2 is 1.84 bits per heavy atom. The molecule has 5 aliphatic rings. The van der Waals surface area contributed by atoms with Gasteiger partial charge in [-0.2, -0.15) is 0 Å². The summed E-state index contributed by atoms with van der Waals surface area (Å²) in [6.45, 7) is 1.08. The van der Waals surface area contributed by atoms with Gasteiger partial charge in [-0.25, -0.2) is 0 Å². The molecule has 2 aliphatic carbocycles. The van der Waals surface area contributed by atoms with E-state index in [0.717, 1.165) is 5.08 Å². The molecule has 3 aliphatic heterocycles. The number of ketones is 2. The summed E-state index contributed by atoms with van der Waals surface area (Å²) < 4.78 is 12.0. The van der Waals surface area contributed by atoms with E-state index in [1.54, 1.807) is 35.3 Å². The molecule has 0 bridgehead atoms. The maximum Gasteiger partial charge on any atom is 0.257 e. The van der Waals surface area contributed by atoms with Crippen LogP contribution in [0.2, 0.25) is 0 Å². The molecule has 228 valence electrons. The number of benzene rings is 2. The first-order valence-corrected chi connectivity index (χ1v) is 16.0. The van der Waals surface area contributed by atoms with Gasteiger partial charge in [-0.15, -0.1) is 23.5 Å². The van der Waals surface area contributed by atoms with Crippen molar-refractivity contribution in [2.45, 2.75) is 79.8 Å². The number of phenolic OH excluding ortho intramolecular Hbond substituents is 2. The van der Waals surface area contributed by atoms with Crippen molar-refractivity contribution in [1.82, 2.24) is 4.90 Å². The Balaban J connectivity index is 1.36. The molecule has 3 saturated heterocycles. The van der Waals surface area contributed by atoms with Gasteiger partial charge in [0.25, 0.3) is 5.91 Å². The van der Waals surface area contributed by atoms with Crippen molar-refractivity contribution in [3.63, 3.8) is 0 Å². The van der Waals surface area contributed by atoms with Crippen LogP contribution in [0.5, 0.6) is 11.5 Å². The molecule has 1 amide bonds. The van der Waals surface area contributed by atoms with Gasteiger partial charge in [0.1, 0.15) is 27.8 Å². The number of aliphatic hydroxyl groups is 3. The Kier molecular flexibility index (Phi) is 6.87. The summed E-state index contributed by atoms with van der Waals surface area (Å²) in [6, 6.07) is 3.68. The highest BCUT2D eigenvalue weighted by atomic mass is 32.2. The summed E-state index contributed by atoms with van der Waals surface area (Å²) in [4.78, 5) is 42.8. The zero-order valence-corrected chi connectivity index (χ0v) is 24.6. The Morgan fingerprint density at radius 3 is 2.51 bits per heavy atom. The van der Waals surface area contributed by atoms with E-state index in [9.17, 15) is 39.9 Å². The number of hydrogen-bond donors (Lipinski definition) is 6. The number of carbonyl (C=O) groups excluding carboxylic acids is 3. The van der Waals surface area contributed by atoms with E-state index in [1.165, 1.54) is 18.2 Å². The Labute approximate surface area is 254 Å². The number of hydrogen-bond acceptors (Lipinski definition) is 13. The van der Waals surface area contributed by atoms with Crippen molar-refractivity contribution in [3.05, 3.63) is 57.1 Å². The van der Waals surface area contributed by atoms with Crippen LogP contribution in [0.15, 0.2) is 18.2 Å². The fourth-order valence-electron chi connectivity index (χ4n) is 6.78. The summed E-state index contributed by atoms with van der Waals surface area (Å²) in [7, 11) is 0. The molecule has 14 heteroatoms. The number of aromatic hydroxyl groups is 2. The van der Waals surface area contributed by atoms with Crippen LogP contribution in [0.25, 0.3) is 0 Å². The Morgan fingerprint density at radius 1 is 1.14 bits per heavy atom. The topological polar surface area (TPSA) is 200 Å². The predicted molar refractivity (Wildman–Crippen MR) is 154 cm³/mol. The lowest BCUT2D eigenvalue weighted by atomic mass is 9.72. The van der Waals surface area contributed by atoms with Crippen molar-refractivity contribution in [3.8, 4) is 11.5 Å². The van der Waals surface area contributed by atoms with Gasteiger partial charge in [-0.05, 0) is 12.5 Å². The zero-order chi connectivity index (χ0) is 30.5. The van der Waals surface area contributed by atoms with Gasteiger partial charge in [-0.1, -0.05) is 18.2 Å². The number of thioether (sulfide) groups is 2. The molecule has 3 fully saturated rings. The highest BCUT2D eigenvalue weighted by Gasteiger charge is 2.61. The highest BCUT2D eigenvalue weighted by molar-refractivity contribution is 8.20. The van der Waals surface area contributed by atoms with Gasteiger partial charge in [-0.3, -0.25) is 14.4 Å². The van der Waals surface area contributed by atoms with E-state index in [1.807, 2.05) is 0 Å². The van der Waals surface area contributed by atoms with E-state index >= 15 is 0 Å². The normalized spacial score (nSPS) is 34.3. The van der Waals surface area contributed by atoms with Crippen LogP contribution in [0.4, 0.5) is 0 Å². The molecule has 2 unspecified atom stereocenters. The van der Waals surface area contributed by atoms with Crippen LogP contribution in [0, 0.1) is 0 Å². The summed E-state index contributed by atoms with van der Waals surface area (Å²) in [5, 5.41) is 56.0. The van der Waals surface area contributed by atoms with Crippen LogP contribution in [0.1, 0.15) is 74.4 Å². The number of nitrogens with zero attached hydrogens (tertiary/aromatic N) is 1. The molecule has 0 spiro atoms. The molecule has 0 saturated carbocycles. The van der Waals surface area contributed by atoms with E-state index < -0.39 is 89.4 Å². The minimum atomic E-state index is -2.08. The lowest BCUT2D eigenvalue weighted by Gasteiger charge is -2.42. The second-order valence-corrected chi connectivity index (χ2v) is 14.2. The first kappa shape index (κ1) is 29.0. The molecule has 7 N–H and O–H groups in total. The maximum absolute atomic E-state index is 13.8. The Bertz CT molecular complexity index is 1560. The van der Waals surface area contributed by atoms with Gasteiger partial charge >= 0.3 is 0 Å². The van der Waals surface area contributed by atoms with Gasteiger partial charge in [0.15, 0.2) is 17.9 Å². The minimum absolute atomic E-state index is 0.0447. The average molecular weight is 631 g/mol. The zero-order valence-electron chi connectivity index (χ0n) is 22.9. The van der Waals surface area contributed by atoms with Crippen molar-refractivity contribution in [2.75, 3.05) is 5.08 Å². The second kappa shape index (κ2) is 10.2. The van der Waals surface area contributed by atoms with Gasteiger partial charge in [0, 0.05) is 52.6 Å². The quantitative estimate of drug-likeness (QED) is 0.175. The number of amides is 1. The van der Waals surface area contributed by atoms with E-state index in [0.29, 0.717) is 0 Å². The van der Waals surface area contributed by atoms with Crippen LogP contribution >= 0.6 is 23.5 Å². The van der Waals surface area contributed by atoms with Crippen LogP contribution in [0.3, 0.4) is 0 Å². The first-order chi connectivity index (χ1) is 20.5. The SMILES string of the molecule is C[C@@H]1OC(O[C@H]2C[C@](O)(C(=O)N3C4SCS[C@@H]43)Cc3c(O)c4c(c(O)c32)C(=O)c2c(CO)cccc2C4=O)C[C@H](N)[C@@H]1O. The van der Waals surface area contributed by atoms with Gasteiger partial charge in [0.05, 0.1) is 36.0 Å². The predicted octanol–water partition coefficient (Wildman–Crippen LogP) is 0.856. The summed E-state index contributed by atoms with van der Waals surface area (Å²) in [5.41, 5.74) is 3.05. The third-order valence-electron chi connectivity index (χ3n) is 9.03. The molecule has 0 aromatic heterocycles. The third-order valence-corrected chi connectivity index (χ3v) is 11.9. The van der Waals surface area contributed by atoms with Crippen LogP contribution in [-0.2, 0) is 27.3 Å². The standard InChI is InChI=1S/C29H30N2O10S2/c1-10-21(33)14(30)5-16(40-10)41-15-7-29(39,28(38)31-26-27(31)43-9-42-26)6-13-18(15)25(37)20-19(23(13)35)22(34)12-4-2-3-11(8-32)17(12)24(20)36/h2-4,10,14-16,21,26-27,32-33,35,37,39H,5-9,30H2,1H3/t10-,14-,15-,16?,21+,26-,27?,29-,31?/m0/s1. The number of ether oxygens (including phenoxy) is 2. The first-order valence-electron chi connectivity index (χ1n) is 13.9. The fraction of sp³-hybridized carbons (Fsp3) is 0.483. The summed E-state index contributed by atoms with van der Waals surface area (Å²) >= 11 is 3.17. The highest BCUT2D eigenvalue weighted by Crippen LogP contribution is 2.57. The molecule has 3 heterocycles. The summed E-state index contributed by atoms with van der Waals surface area (Å²) in [5.74, 6) is -3.34.